The van der Waals surface area contributed by atoms with Crippen LogP contribution in [0.4, 0.5) is 0 Å². The molecule has 0 bridgehead atoms. The van der Waals surface area contributed by atoms with Gasteiger partial charge < -0.3 is 4.74 Å². The Balaban J connectivity index is 2.05. The standard InChI is InChI=1S/C12H13N3O4S/c1-19-12(16)8-4-5-15-10(7-8)13-11(14-15)9-3-2-6-20(9,17)18/h4-5,7,9H,2-3,6H2,1H3. The maximum Gasteiger partial charge on any atom is 0.338 e. The van der Waals surface area contributed by atoms with Gasteiger partial charge in [0.1, 0.15) is 5.25 Å². The summed E-state index contributed by atoms with van der Waals surface area (Å²) in [7, 11) is -1.85. The number of fused-ring (bicyclic) bond motifs is 1. The highest BCUT2D eigenvalue weighted by molar-refractivity contribution is 7.91. The van der Waals surface area contributed by atoms with Gasteiger partial charge in [-0.1, -0.05) is 0 Å². The third kappa shape index (κ3) is 2.05. The number of pyridine rings is 1. The number of rotatable bonds is 2. The minimum absolute atomic E-state index is 0.181. The molecule has 106 valence electrons. The van der Waals surface area contributed by atoms with Crippen LogP contribution in [0.15, 0.2) is 18.3 Å². The van der Waals surface area contributed by atoms with Crippen molar-refractivity contribution in [1.82, 2.24) is 14.6 Å². The summed E-state index contributed by atoms with van der Waals surface area (Å²) in [5, 5.41) is 3.56. The molecule has 1 aliphatic heterocycles. The van der Waals surface area contributed by atoms with E-state index in [2.05, 4.69) is 14.8 Å². The second-order valence-electron chi connectivity index (χ2n) is 4.68. The van der Waals surface area contributed by atoms with Crippen molar-refractivity contribution in [3.05, 3.63) is 29.7 Å². The molecule has 0 aromatic carbocycles. The largest absolute Gasteiger partial charge is 0.465 e. The van der Waals surface area contributed by atoms with E-state index in [0.29, 0.717) is 29.9 Å². The fraction of sp³-hybridized carbons (Fsp3) is 0.417. The normalized spacial score (nSPS) is 21.1. The molecule has 2 aromatic heterocycles. The van der Waals surface area contributed by atoms with Crippen LogP contribution in [0.1, 0.15) is 34.3 Å². The van der Waals surface area contributed by atoms with Crippen LogP contribution in [0.3, 0.4) is 0 Å². The van der Waals surface area contributed by atoms with E-state index in [1.165, 1.54) is 17.7 Å². The summed E-state index contributed by atoms with van der Waals surface area (Å²) in [6.07, 6.45) is 2.75. The molecule has 7 nitrogen and oxygen atoms in total. The summed E-state index contributed by atoms with van der Waals surface area (Å²) < 4.78 is 29.9. The highest BCUT2D eigenvalue weighted by Crippen LogP contribution is 2.32. The number of carbonyl (C=O) groups excluding carboxylic acids is 1. The summed E-state index contributed by atoms with van der Waals surface area (Å²) in [5.41, 5.74) is 0.790. The number of carbonyl (C=O) groups is 1. The molecule has 8 heteroatoms. The minimum Gasteiger partial charge on any atom is -0.465 e. The summed E-state index contributed by atoms with van der Waals surface area (Å²) in [5.74, 6) is 0.00993. The molecule has 1 atom stereocenters. The van der Waals surface area contributed by atoms with Crippen LogP contribution in [0.5, 0.6) is 0 Å². The Morgan fingerprint density at radius 1 is 1.50 bits per heavy atom. The van der Waals surface area contributed by atoms with Gasteiger partial charge in [-0.25, -0.2) is 22.7 Å². The summed E-state index contributed by atoms with van der Waals surface area (Å²) in [6, 6.07) is 3.09. The van der Waals surface area contributed by atoms with Crippen LogP contribution >= 0.6 is 0 Å². The summed E-state index contributed by atoms with van der Waals surface area (Å²) in [4.78, 5) is 15.7. The number of nitrogens with zero attached hydrogens (tertiary/aromatic N) is 3. The van der Waals surface area contributed by atoms with Crippen molar-refractivity contribution in [2.45, 2.75) is 18.1 Å². The molecule has 0 amide bonds. The molecule has 0 radical (unpaired) electrons. The lowest BCUT2D eigenvalue weighted by molar-refractivity contribution is 0.0600. The van der Waals surface area contributed by atoms with E-state index in [9.17, 15) is 13.2 Å². The van der Waals surface area contributed by atoms with Gasteiger partial charge in [0.05, 0.1) is 18.4 Å². The molecule has 1 unspecified atom stereocenters. The molecule has 20 heavy (non-hydrogen) atoms. The third-order valence-electron chi connectivity index (χ3n) is 3.39. The van der Waals surface area contributed by atoms with E-state index in [1.807, 2.05) is 0 Å². The van der Waals surface area contributed by atoms with Gasteiger partial charge in [0.15, 0.2) is 21.3 Å². The van der Waals surface area contributed by atoms with E-state index >= 15 is 0 Å². The molecule has 1 saturated heterocycles. The molecule has 0 spiro atoms. The van der Waals surface area contributed by atoms with Gasteiger partial charge in [-0.15, -0.1) is 5.10 Å². The van der Waals surface area contributed by atoms with Gasteiger partial charge in [0, 0.05) is 6.20 Å². The minimum atomic E-state index is -3.15. The molecule has 0 saturated carbocycles. The number of methoxy groups -OCH3 is 1. The Morgan fingerprint density at radius 3 is 2.95 bits per heavy atom. The Bertz CT molecular complexity index is 781. The van der Waals surface area contributed by atoms with Crippen LogP contribution in [-0.2, 0) is 14.6 Å². The highest BCUT2D eigenvalue weighted by atomic mass is 32.2. The van der Waals surface area contributed by atoms with Crippen LogP contribution in [0.25, 0.3) is 5.65 Å². The zero-order valence-corrected chi connectivity index (χ0v) is 11.6. The average Bonchev–Trinajstić information content (AvgIpc) is 2.98. The SMILES string of the molecule is COC(=O)c1ccn2nc(C3CCCS3(=O)=O)nc2c1. The van der Waals surface area contributed by atoms with Crippen molar-refractivity contribution in [3.8, 4) is 0 Å². The van der Waals surface area contributed by atoms with Gasteiger partial charge in [-0.3, -0.25) is 0 Å². The van der Waals surface area contributed by atoms with Crippen molar-refractivity contribution >= 4 is 21.5 Å². The molecule has 1 aliphatic rings. The first-order chi connectivity index (χ1) is 9.51. The van der Waals surface area contributed by atoms with Crippen LogP contribution < -0.4 is 0 Å². The molecule has 0 aliphatic carbocycles. The average molecular weight is 295 g/mol. The Hall–Kier alpha value is -1.96. The van der Waals surface area contributed by atoms with Crippen molar-refractivity contribution in [2.24, 2.45) is 0 Å². The first-order valence-corrected chi connectivity index (χ1v) is 7.89. The second kappa shape index (κ2) is 4.55. The third-order valence-corrected chi connectivity index (χ3v) is 5.56. The summed E-state index contributed by atoms with van der Waals surface area (Å²) in [6.45, 7) is 0. The fourth-order valence-electron chi connectivity index (χ4n) is 2.36. The lowest BCUT2D eigenvalue weighted by atomic mass is 10.2. The molecular formula is C12H13N3O4S. The number of hydrogen-bond donors (Lipinski definition) is 0. The number of hydrogen-bond acceptors (Lipinski definition) is 6. The second-order valence-corrected chi connectivity index (χ2v) is 6.98. The van der Waals surface area contributed by atoms with Crippen LogP contribution in [0.2, 0.25) is 0 Å². The fourth-order valence-corrected chi connectivity index (χ4v) is 4.16. The van der Waals surface area contributed by atoms with E-state index in [-0.39, 0.29) is 5.75 Å². The monoisotopic (exact) mass is 295 g/mol. The van der Waals surface area contributed by atoms with Gasteiger partial charge in [-0.2, -0.15) is 0 Å². The quantitative estimate of drug-likeness (QED) is 0.760. The zero-order chi connectivity index (χ0) is 14.3. The topological polar surface area (TPSA) is 90.6 Å². The van der Waals surface area contributed by atoms with Crippen molar-refractivity contribution < 1.29 is 17.9 Å². The first-order valence-electron chi connectivity index (χ1n) is 6.17. The smallest absolute Gasteiger partial charge is 0.338 e. The predicted octanol–water partition coefficient (Wildman–Crippen LogP) is 0.766. The number of esters is 1. The molecule has 0 N–H and O–H groups in total. The lowest BCUT2D eigenvalue weighted by Gasteiger charge is -2.02. The maximum atomic E-state index is 11.9. The number of ether oxygens (including phenoxy) is 1. The van der Waals surface area contributed by atoms with Gasteiger partial charge in [0.25, 0.3) is 0 Å². The van der Waals surface area contributed by atoms with E-state index in [4.69, 9.17) is 0 Å². The lowest BCUT2D eigenvalue weighted by Crippen LogP contribution is -2.09. The van der Waals surface area contributed by atoms with Crippen molar-refractivity contribution in [3.63, 3.8) is 0 Å². The van der Waals surface area contributed by atoms with Gasteiger partial charge in [-0.05, 0) is 25.0 Å². The van der Waals surface area contributed by atoms with Crippen molar-refractivity contribution in [1.29, 1.82) is 0 Å². The molecular weight excluding hydrogens is 282 g/mol. The van der Waals surface area contributed by atoms with E-state index < -0.39 is 21.1 Å². The van der Waals surface area contributed by atoms with Gasteiger partial charge >= 0.3 is 5.97 Å². The predicted molar refractivity (Wildman–Crippen MR) is 70.1 cm³/mol. The number of aromatic nitrogens is 3. The molecule has 3 heterocycles. The maximum absolute atomic E-state index is 11.9. The summed E-state index contributed by atoms with van der Waals surface area (Å²) >= 11 is 0. The Morgan fingerprint density at radius 2 is 2.30 bits per heavy atom. The zero-order valence-electron chi connectivity index (χ0n) is 10.8. The molecule has 1 fully saturated rings. The Kier molecular flexibility index (Phi) is 2.97. The van der Waals surface area contributed by atoms with Crippen molar-refractivity contribution in [2.75, 3.05) is 12.9 Å². The van der Waals surface area contributed by atoms with Crippen LogP contribution in [0, 0.1) is 0 Å². The molecule has 2 aromatic rings. The first kappa shape index (κ1) is 13.0. The van der Waals surface area contributed by atoms with Crippen LogP contribution in [-0.4, -0.2) is 41.8 Å². The van der Waals surface area contributed by atoms with Gasteiger partial charge in [0.2, 0.25) is 0 Å². The number of sulfone groups is 1. The molecule has 3 rings (SSSR count). The van der Waals surface area contributed by atoms with E-state index in [1.54, 1.807) is 12.3 Å². The highest BCUT2D eigenvalue weighted by Gasteiger charge is 2.35. The van der Waals surface area contributed by atoms with E-state index in [0.717, 1.165) is 0 Å². The Labute approximate surface area is 115 Å².